The first kappa shape index (κ1) is 21.0. The molecule has 1 fully saturated rings. The van der Waals surface area contributed by atoms with Crippen LogP contribution in [0.25, 0.3) is 0 Å². The van der Waals surface area contributed by atoms with Crippen LogP contribution < -0.4 is 4.31 Å². The molecule has 0 aromatic heterocycles. The third-order valence-corrected chi connectivity index (χ3v) is 6.93. The van der Waals surface area contributed by atoms with Crippen LogP contribution in [0, 0.1) is 0 Å². The fourth-order valence-corrected chi connectivity index (χ4v) is 5.19. The van der Waals surface area contributed by atoms with Gasteiger partial charge in [0.1, 0.15) is 6.54 Å². The van der Waals surface area contributed by atoms with Gasteiger partial charge in [-0.3, -0.25) is 9.10 Å². The predicted molar refractivity (Wildman–Crippen MR) is 112 cm³/mol. The summed E-state index contributed by atoms with van der Waals surface area (Å²) in [7, 11) is -3.96. The molecule has 1 heterocycles. The molecule has 8 heteroatoms. The van der Waals surface area contributed by atoms with Crippen molar-refractivity contribution in [2.45, 2.75) is 30.6 Å². The van der Waals surface area contributed by atoms with Gasteiger partial charge in [0.15, 0.2) is 0 Å². The van der Waals surface area contributed by atoms with Crippen LogP contribution in [0.1, 0.15) is 25.7 Å². The molecule has 0 atom stereocenters. The molecule has 150 valence electrons. The largest absolute Gasteiger partial charge is 0.341 e. The van der Waals surface area contributed by atoms with E-state index in [0.29, 0.717) is 23.1 Å². The summed E-state index contributed by atoms with van der Waals surface area (Å²) >= 11 is 12.2. The van der Waals surface area contributed by atoms with Crippen LogP contribution in [0.4, 0.5) is 5.69 Å². The minimum Gasteiger partial charge on any atom is -0.341 e. The maximum atomic E-state index is 13.3. The molecule has 3 rings (SSSR count). The van der Waals surface area contributed by atoms with Crippen LogP contribution in [-0.2, 0) is 14.8 Å². The molecule has 28 heavy (non-hydrogen) atoms. The summed E-state index contributed by atoms with van der Waals surface area (Å²) in [6, 6.07) is 12.6. The van der Waals surface area contributed by atoms with E-state index in [1.807, 2.05) is 0 Å². The van der Waals surface area contributed by atoms with Gasteiger partial charge in [-0.25, -0.2) is 8.42 Å². The van der Waals surface area contributed by atoms with Crippen molar-refractivity contribution in [2.75, 3.05) is 23.9 Å². The van der Waals surface area contributed by atoms with Gasteiger partial charge in [-0.15, -0.1) is 0 Å². The second-order valence-electron chi connectivity index (χ2n) is 6.75. The van der Waals surface area contributed by atoms with Gasteiger partial charge in [0.05, 0.1) is 10.6 Å². The molecule has 0 N–H and O–H groups in total. The molecule has 0 unspecified atom stereocenters. The van der Waals surface area contributed by atoms with E-state index in [1.54, 1.807) is 23.1 Å². The number of carbonyl (C=O) groups excluding carboxylic acids is 1. The van der Waals surface area contributed by atoms with Crippen LogP contribution >= 0.6 is 23.2 Å². The minimum absolute atomic E-state index is 0.106. The van der Waals surface area contributed by atoms with Gasteiger partial charge in [0, 0.05) is 23.1 Å². The van der Waals surface area contributed by atoms with Gasteiger partial charge in [0.2, 0.25) is 5.91 Å². The number of rotatable bonds is 5. The maximum Gasteiger partial charge on any atom is 0.264 e. The molecule has 0 bridgehead atoms. The zero-order valence-electron chi connectivity index (χ0n) is 15.4. The fraction of sp³-hybridized carbons (Fsp3) is 0.350. The van der Waals surface area contributed by atoms with Crippen molar-refractivity contribution in [3.05, 3.63) is 58.6 Å². The first-order valence-corrected chi connectivity index (χ1v) is 11.4. The Morgan fingerprint density at radius 2 is 1.50 bits per heavy atom. The Bertz CT molecular complexity index is 907. The lowest BCUT2D eigenvalue weighted by atomic mass is 10.2. The van der Waals surface area contributed by atoms with Crippen LogP contribution in [0.15, 0.2) is 53.4 Å². The predicted octanol–water partition coefficient (Wildman–Crippen LogP) is 4.59. The van der Waals surface area contributed by atoms with Gasteiger partial charge in [0.25, 0.3) is 10.0 Å². The average molecular weight is 441 g/mol. The third-order valence-electron chi connectivity index (χ3n) is 4.70. The van der Waals surface area contributed by atoms with Gasteiger partial charge < -0.3 is 4.90 Å². The Labute approximate surface area is 175 Å². The molecule has 0 saturated carbocycles. The van der Waals surface area contributed by atoms with Crippen LogP contribution in [0.5, 0.6) is 0 Å². The van der Waals surface area contributed by atoms with Crippen molar-refractivity contribution in [1.82, 2.24) is 4.90 Å². The third kappa shape index (κ3) is 4.99. The van der Waals surface area contributed by atoms with E-state index in [0.717, 1.165) is 30.0 Å². The van der Waals surface area contributed by atoms with Gasteiger partial charge in [-0.1, -0.05) is 54.2 Å². The first-order valence-electron chi connectivity index (χ1n) is 9.19. The molecular formula is C20H22Cl2N2O3S. The second-order valence-corrected chi connectivity index (χ2v) is 9.48. The summed E-state index contributed by atoms with van der Waals surface area (Å²) < 4.78 is 27.7. The van der Waals surface area contributed by atoms with E-state index in [-0.39, 0.29) is 23.0 Å². The van der Waals surface area contributed by atoms with E-state index in [9.17, 15) is 13.2 Å². The zero-order chi connectivity index (χ0) is 20.1. The minimum atomic E-state index is -3.96. The molecule has 0 radical (unpaired) electrons. The number of likely N-dealkylation sites (tertiary alicyclic amines) is 1. The molecule has 0 spiro atoms. The van der Waals surface area contributed by atoms with Crippen molar-refractivity contribution in [3.8, 4) is 0 Å². The normalized spacial score (nSPS) is 15.1. The average Bonchev–Trinajstić information content (AvgIpc) is 2.95. The quantitative estimate of drug-likeness (QED) is 0.682. The Hall–Kier alpha value is -1.76. The smallest absolute Gasteiger partial charge is 0.264 e. The lowest BCUT2D eigenvalue weighted by Gasteiger charge is -2.28. The summed E-state index contributed by atoms with van der Waals surface area (Å²) in [6.45, 7) is 0.997. The number of amides is 1. The standard InChI is InChI=1S/C20H22Cl2N2O3S/c21-16-12-17(22)14-18(13-16)24(28(26,27)19-8-4-3-5-9-19)15-20(25)23-10-6-1-2-7-11-23/h3-5,8-9,12-14H,1-2,6-7,10-11,15H2. The van der Waals surface area contributed by atoms with Crippen molar-refractivity contribution < 1.29 is 13.2 Å². The lowest BCUT2D eigenvalue weighted by molar-refractivity contribution is -0.129. The van der Waals surface area contributed by atoms with E-state index in [1.165, 1.54) is 30.3 Å². The van der Waals surface area contributed by atoms with Crippen molar-refractivity contribution >= 4 is 44.8 Å². The summed E-state index contributed by atoms with van der Waals surface area (Å²) in [5.41, 5.74) is 0.268. The highest BCUT2D eigenvalue weighted by Crippen LogP contribution is 2.30. The summed E-state index contributed by atoms with van der Waals surface area (Å²) in [6.07, 6.45) is 4.03. The molecule has 2 aromatic rings. The number of halogens is 2. The zero-order valence-corrected chi connectivity index (χ0v) is 17.7. The maximum absolute atomic E-state index is 13.3. The van der Waals surface area contributed by atoms with Gasteiger partial charge in [-0.05, 0) is 43.2 Å². The fourth-order valence-electron chi connectivity index (χ4n) is 3.26. The molecule has 1 amide bonds. The molecule has 5 nitrogen and oxygen atoms in total. The molecule has 1 aliphatic rings. The van der Waals surface area contributed by atoms with Crippen LogP contribution in [0.3, 0.4) is 0 Å². The Balaban J connectivity index is 1.98. The highest BCUT2D eigenvalue weighted by Gasteiger charge is 2.29. The number of hydrogen-bond donors (Lipinski definition) is 0. The number of hydrogen-bond acceptors (Lipinski definition) is 3. The first-order chi connectivity index (χ1) is 13.4. The van der Waals surface area contributed by atoms with Crippen molar-refractivity contribution in [3.63, 3.8) is 0 Å². The Kier molecular flexibility index (Phi) is 6.86. The molecular weight excluding hydrogens is 419 g/mol. The summed E-state index contributed by atoms with van der Waals surface area (Å²) in [5, 5.41) is 0.607. The summed E-state index contributed by atoms with van der Waals surface area (Å²) in [5.74, 6) is -0.225. The molecule has 0 aliphatic carbocycles. The van der Waals surface area contributed by atoms with Crippen LogP contribution in [0.2, 0.25) is 10.0 Å². The monoisotopic (exact) mass is 440 g/mol. The van der Waals surface area contributed by atoms with Crippen molar-refractivity contribution in [2.24, 2.45) is 0 Å². The molecule has 2 aromatic carbocycles. The molecule has 1 aliphatic heterocycles. The van der Waals surface area contributed by atoms with Crippen molar-refractivity contribution in [1.29, 1.82) is 0 Å². The number of nitrogens with zero attached hydrogens (tertiary/aromatic N) is 2. The lowest BCUT2D eigenvalue weighted by Crippen LogP contribution is -2.43. The molecule has 1 saturated heterocycles. The topological polar surface area (TPSA) is 57.7 Å². The van der Waals surface area contributed by atoms with E-state index < -0.39 is 10.0 Å². The Morgan fingerprint density at radius 1 is 0.929 bits per heavy atom. The SMILES string of the molecule is O=C(CN(c1cc(Cl)cc(Cl)c1)S(=O)(=O)c1ccccc1)N1CCCCCC1. The number of anilines is 1. The van der Waals surface area contributed by atoms with Gasteiger partial charge >= 0.3 is 0 Å². The summed E-state index contributed by atoms with van der Waals surface area (Å²) in [4.78, 5) is 14.8. The second kappa shape index (κ2) is 9.16. The number of sulfonamides is 1. The van der Waals surface area contributed by atoms with E-state index in [4.69, 9.17) is 23.2 Å². The van der Waals surface area contributed by atoms with E-state index in [2.05, 4.69) is 0 Å². The van der Waals surface area contributed by atoms with Crippen LogP contribution in [-0.4, -0.2) is 38.9 Å². The van der Waals surface area contributed by atoms with E-state index >= 15 is 0 Å². The number of benzene rings is 2. The number of carbonyl (C=O) groups is 1. The highest BCUT2D eigenvalue weighted by atomic mass is 35.5. The Morgan fingerprint density at radius 3 is 2.07 bits per heavy atom. The highest BCUT2D eigenvalue weighted by molar-refractivity contribution is 7.92. The van der Waals surface area contributed by atoms with Gasteiger partial charge in [-0.2, -0.15) is 0 Å².